The van der Waals surface area contributed by atoms with E-state index in [1.807, 2.05) is 0 Å². The van der Waals surface area contributed by atoms with Gasteiger partial charge in [0.25, 0.3) is 0 Å². The number of ketones is 2. The summed E-state index contributed by atoms with van der Waals surface area (Å²) >= 11 is 0. The van der Waals surface area contributed by atoms with Crippen molar-refractivity contribution in [1.29, 1.82) is 0 Å². The lowest BCUT2D eigenvalue weighted by Gasteiger charge is -2.48. The van der Waals surface area contributed by atoms with Crippen LogP contribution in [-0.4, -0.2) is 58.0 Å². The Kier molecular flexibility index (Phi) is 4.08. The Hall–Kier alpha value is -1.38. The van der Waals surface area contributed by atoms with E-state index in [1.165, 1.54) is 0 Å². The van der Waals surface area contributed by atoms with Crippen molar-refractivity contribution >= 4 is 17.5 Å². The summed E-state index contributed by atoms with van der Waals surface area (Å²) in [6, 6.07) is 0. The standard InChI is InChI=1S/C11H15FO7/c1-5(13)10(16)8(19-7(3)15)4-18-9(12)11(10,17)6(2)14/h8-9,16-17H,4H2,1-3H3/t8-,9+,10+,11+/m1/s1. The quantitative estimate of drug-likeness (QED) is 0.629. The molecule has 19 heavy (non-hydrogen) atoms. The summed E-state index contributed by atoms with van der Waals surface area (Å²) in [5.74, 6) is -3.20. The molecule has 0 spiro atoms. The molecule has 0 amide bonds. The molecule has 2 N–H and O–H groups in total. The molecule has 1 saturated heterocycles. The highest BCUT2D eigenvalue weighted by Gasteiger charge is 2.69. The first-order valence-electron chi connectivity index (χ1n) is 5.48. The van der Waals surface area contributed by atoms with Crippen LogP contribution in [-0.2, 0) is 23.9 Å². The Balaban J connectivity index is 3.37. The van der Waals surface area contributed by atoms with Gasteiger partial charge < -0.3 is 19.7 Å². The van der Waals surface area contributed by atoms with E-state index in [1.54, 1.807) is 0 Å². The van der Waals surface area contributed by atoms with Gasteiger partial charge in [0.15, 0.2) is 17.7 Å². The fourth-order valence-electron chi connectivity index (χ4n) is 2.07. The summed E-state index contributed by atoms with van der Waals surface area (Å²) in [5, 5.41) is 20.4. The Morgan fingerprint density at radius 2 is 1.63 bits per heavy atom. The summed E-state index contributed by atoms with van der Waals surface area (Å²) in [7, 11) is 0. The Bertz CT molecular complexity index is 423. The van der Waals surface area contributed by atoms with Gasteiger partial charge in [0, 0.05) is 6.92 Å². The van der Waals surface area contributed by atoms with Crippen LogP contribution in [0, 0.1) is 0 Å². The SMILES string of the molecule is CC(=O)O[C@@H]1CO[C@H](F)[C@@](O)(C(C)=O)[C@]1(O)C(C)=O. The van der Waals surface area contributed by atoms with E-state index in [-0.39, 0.29) is 0 Å². The van der Waals surface area contributed by atoms with Crippen molar-refractivity contribution in [3.8, 4) is 0 Å². The number of Topliss-reactive ketones (excluding diaryl/α,β-unsaturated/α-hetero) is 2. The zero-order valence-electron chi connectivity index (χ0n) is 10.7. The molecule has 0 bridgehead atoms. The van der Waals surface area contributed by atoms with Gasteiger partial charge in [-0.1, -0.05) is 0 Å². The highest BCUT2D eigenvalue weighted by atomic mass is 19.1. The van der Waals surface area contributed by atoms with Gasteiger partial charge in [-0.3, -0.25) is 14.4 Å². The molecule has 108 valence electrons. The molecule has 1 aliphatic heterocycles. The fraction of sp³-hybridized carbons (Fsp3) is 0.727. The van der Waals surface area contributed by atoms with Crippen molar-refractivity contribution in [3.63, 3.8) is 0 Å². The number of esters is 1. The molecule has 0 unspecified atom stereocenters. The van der Waals surface area contributed by atoms with Crippen LogP contribution in [0.4, 0.5) is 4.39 Å². The highest BCUT2D eigenvalue weighted by molar-refractivity contribution is 5.98. The van der Waals surface area contributed by atoms with E-state index in [2.05, 4.69) is 9.47 Å². The molecule has 4 atom stereocenters. The molecule has 0 aromatic rings. The van der Waals surface area contributed by atoms with Crippen LogP contribution >= 0.6 is 0 Å². The van der Waals surface area contributed by atoms with Gasteiger partial charge >= 0.3 is 5.97 Å². The van der Waals surface area contributed by atoms with Gasteiger partial charge in [0.1, 0.15) is 0 Å². The summed E-state index contributed by atoms with van der Waals surface area (Å²) in [6.07, 6.45) is -4.28. The molecular weight excluding hydrogens is 263 g/mol. The number of carbonyl (C=O) groups excluding carboxylic acids is 3. The van der Waals surface area contributed by atoms with Crippen LogP contribution in [0.2, 0.25) is 0 Å². The lowest BCUT2D eigenvalue weighted by Crippen LogP contribution is -2.76. The highest BCUT2D eigenvalue weighted by Crippen LogP contribution is 2.39. The second kappa shape index (κ2) is 4.95. The van der Waals surface area contributed by atoms with Crippen molar-refractivity contribution in [2.75, 3.05) is 6.61 Å². The normalized spacial score (nSPS) is 38.6. The molecule has 0 radical (unpaired) electrons. The van der Waals surface area contributed by atoms with Crippen LogP contribution in [0.15, 0.2) is 0 Å². The number of aliphatic hydroxyl groups is 2. The monoisotopic (exact) mass is 278 g/mol. The topological polar surface area (TPSA) is 110 Å². The molecular formula is C11H15FO7. The van der Waals surface area contributed by atoms with Crippen LogP contribution in [0.5, 0.6) is 0 Å². The van der Waals surface area contributed by atoms with Crippen molar-refractivity contribution < 1.29 is 38.5 Å². The second-order valence-corrected chi connectivity index (χ2v) is 4.39. The third-order valence-corrected chi connectivity index (χ3v) is 3.15. The summed E-state index contributed by atoms with van der Waals surface area (Å²) in [4.78, 5) is 34.0. The maximum Gasteiger partial charge on any atom is 0.303 e. The Labute approximate surface area is 108 Å². The zero-order chi connectivity index (χ0) is 15.0. The van der Waals surface area contributed by atoms with Crippen molar-refractivity contribution in [3.05, 3.63) is 0 Å². The molecule has 0 aromatic heterocycles. The van der Waals surface area contributed by atoms with Gasteiger partial charge in [-0.05, 0) is 13.8 Å². The van der Waals surface area contributed by atoms with Gasteiger partial charge in [0.2, 0.25) is 17.6 Å². The smallest absolute Gasteiger partial charge is 0.303 e. The van der Waals surface area contributed by atoms with Gasteiger partial charge in [-0.15, -0.1) is 0 Å². The fourth-order valence-corrected chi connectivity index (χ4v) is 2.07. The molecule has 1 aliphatic rings. The van der Waals surface area contributed by atoms with Gasteiger partial charge in [-0.2, -0.15) is 0 Å². The average Bonchev–Trinajstić information content (AvgIpc) is 2.29. The third-order valence-electron chi connectivity index (χ3n) is 3.15. The molecule has 7 nitrogen and oxygen atoms in total. The molecule has 0 saturated carbocycles. The maximum absolute atomic E-state index is 13.7. The molecule has 1 heterocycles. The number of carbonyl (C=O) groups is 3. The van der Waals surface area contributed by atoms with Crippen molar-refractivity contribution in [1.82, 2.24) is 0 Å². The van der Waals surface area contributed by atoms with Crippen LogP contribution in [0.25, 0.3) is 0 Å². The lowest BCUT2D eigenvalue weighted by molar-refractivity contribution is -0.298. The molecule has 0 aliphatic carbocycles. The first kappa shape index (κ1) is 15.7. The minimum absolute atomic E-state index is 0.660. The van der Waals surface area contributed by atoms with Crippen LogP contribution in [0.1, 0.15) is 20.8 Å². The van der Waals surface area contributed by atoms with Gasteiger partial charge in [0.05, 0.1) is 6.61 Å². The van der Waals surface area contributed by atoms with Crippen LogP contribution in [0.3, 0.4) is 0 Å². The maximum atomic E-state index is 13.7. The summed E-state index contributed by atoms with van der Waals surface area (Å²) in [6.45, 7) is 1.98. The first-order valence-corrected chi connectivity index (χ1v) is 5.48. The molecule has 8 heteroatoms. The second-order valence-electron chi connectivity index (χ2n) is 4.39. The number of rotatable bonds is 3. The number of hydrogen-bond donors (Lipinski definition) is 2. The minimum Gasteiger partial charge on any atom is -0.456 e. The van der Waals surface area contributed by atoms with Crippen molar-refractivity contribution in [2.45, 2.75) is 44.4 Å². The van der Waals surface area contributed by atoms with E-state index in [9.17, 15) is 29.0 Å². The Morgan fingerprint density at radius 3 is 2.00 bits per heavy atom. The number of alkyl halides is 1. The van der Waals surface area contributed by atoms with E-state index in [0.717, 1.165) is 20.8 Å². The van der Waals surface area contributed by atoms with E-state index >= 15 is 0 Å². The summed E-state index contributed by atoms with van der Waals surface area (Å²) < 4.78 is 22.8. The molecule has 0 aromatic carbocycles. The lowest BCUT2D eigenvalue weighted by atomic mass is 9.72. The number of hydrogen-bond acceptors (Lipinski definition) is 7. The third kappa shape index (κ3) is 2.15. The zero-order valence-corrected chi connectivity index (χ0v) is 10.7. The van der Waals surface area contributed by atoms with E-state index < -0.39 is 47.8 Å². The average molecular weight is 278 g/mol. The predicted molar refractivity (Wildman–Crippen MR) is 57.7 cm³/mol. The largest absolute Gasteiger partial charge is 0.456 e. The first-order chi connectivity index (χ1) is 8.58. The van der Waals surface area contributed by atoms with E-state index in [0.29, 0.717) is 0 Å². The summed E-state index contributed by atoms with van der Waals surface area (Å²) in [5.41, 5.74) is -6.03. The number of ether oxygens (including phenoxy) is 2. The van der Waals surface area contributed by atoms with Crippen molar-refractivity contribution in [2.24, 2.45) is 0 Å². The van der Waals surface area contributed by atoms with Crippen LogP contribution < -0.4 is 0 Å². The number of halogens is 1. The minimum atomic E-state index is -3.13. The predicted octanol–water partition coefficient (Wildman–Crippen LogP) is -1.12. The van der Waals surface area contributed by atoms with Gasteiger partial charge in [-0.25, -0.2) is 4.39 Å². The molecule has 1 fully saturated rings. The Morgan fingerprint density at radius 1 is 1.16 bits per heavy atom. The molecule has 1 rings (SSSR count). The van der Waals surface area contributed by atoms with E-state index in [4.69, 9.17) is 0 Å².